The molecule has 4 nitrogen and oxygen atoms in total. The molecule has 1 fully saturated rings. The Labute approximate surface area is 88.6 Å². The topological polar surface area (TPSA) is 55.6 Å². The molecule has 0 radical (unpaired) electrons. The highest BCUT2D eigenvalue weighted by atomic mass is 16.6. The number of nitrogen functional groups attached to an aromatic ring is 1. The van der Waals surface area contributed by atoms with Crippen LogP contribution in [0.25, 0.3) is 0 Å². The summed E-state index contributed by atoms with van der Waals surface area (Å²) in [6, 6.07) is 7.43. The highest BCUT2D eigenvalue weighted by molar-refractivity contribution is 5.70. The number of rotatable bonds is 2. The van der Waals surface area contributed by atoms with Crippen molar-refractivity contribution in [3.8, 4) is 0 Å². The molecule has 1 atom stereocenters. The van der Waals surface area contributed by atoms with Gasteiger partial charge in [-0.15, -0.1) is 0 Å². The molecular formula is C11H14N2O2. The summed E-state index contributed by atoms with van der Waals surface area (Å²) in [5, 5.41) is 0. The normalized spacial score (nSPS) is 20.5. The number of cyclic esters (lactones) is 1. The van der Waals surface area contributed by atoms with Gasteiger partial charge in [-0.1, -0.05) is 12.1 Å². The Balaban J connectivity index is 2.13. The van der Waals surface area contributed by atoms with Gasteiger partial charge in [0.05, 0.1) is 6.54 Å². The molecule has 4 heteroatoms. The number of amides is 1. The van der Waals surface area contributed by atoms with E-state index in [4.69, 9.17) is 10.5 Å². The molecule has 0 spiro atoms. The second-order valence-corrected chi connectivity index (χ2v) is 3.58. The summed E-state index contributed by atoms with van der Waals surface area (Å²) >= 11 is 0. The minimum Gasteiger partial charge on any atom is -0.439 e. The molecular weight excluding hydrogens is 192 g/mol. The minimum absolute atomic E-state index is 0.155. The van der Waals surface area contributed by atoms with Gasteiger partial charge in [-0.05, 0) is 24.6 Å². The predicted molar refractivity (Wildman–Crippen MR) is 57.3 cm³/mol. The van der Waals surface area contributed by atoms with Gasteiger partial charge in [0, 0.05) is 12.2 Å². The summed E-state index contributed by atoms with van der Waals surface area (Å²) < 4.78 is 5.24. The van der Waals surface area contributed by atoms with E-state index in [0.29, 0.717) is 13.1 Å². The zero-order valence-electron chi connectivity index (χ0n) is 8.64. The molecule has 0 bridgehead atoms. The maximum Gasteiger partial charge on any atom is 0.410 e. The second-order valence-electron chi connectivity index (χ2n) is 3.58. The van der Waals surface area contributed by atoms with Gasteiger partial charge in [-0.2, -0.15) is 0 Å². The van der Waals surface area contributed by atoms with Gasteiger partial charge in [-0.3, -0.25) is 0 Å². The summed E-state index contributed by atoms with van der Waals surface area (Å²) in [5.74, 6) is 0. The molecule has 1 amide bonds. The van der Waals surface area contributed by atoms with E-state index < -0.39 is 0 Å². The Kier molecular flexibility index (Phi) is 2.49. The van der Waals surface area contributed by atoms with Gasteiger partial charge in [-0.25, -0.2) is 4.79 Å². The number of carbonyl (C=O) groups excluding carboxylic acids is 1. The minimum atomic E-state index is -0.237. The smallest absolute Gasteiger partial charge is 0.410 e. The van der Waals surface area contributed by atoms with Crippen LogP contribution in [0.5, 0.6) is 0 Å². The number of ether oxygens (including phenoxy) is 1. The second kappa shape index (κ2) is 3.81. The Bertz CT molecular complexity index is 361. The molecule has 0 aromatic heterocycles. The van der Waals surface area contributed by atoms with Crippen LogP contribution in [-0.2, 0) is 4.74 Å². The summed E-state index contributed by atoms with van der Waals surface area (Å²) in [6.45, 7) is 3.25. The van der Waals surface area contributed by atoms with Crippen molar-refractivity contribution in [1.29, 1.82) is 0 Å². The van der Waals surface area contributed by atoms with Crippen LogP contribution in [0.15, 0.2) is 24.3 Å². The highest BCUT2D eigenvalue weighted by Gasteiger charge is 2.30. The third-order valence-electron chi connectivity index (χ3n) is 2.58. The number of nitrogens with two attached hydrogens (primary N) is 1. The largest absolute Gasteiger partial charge is 0.439 e. The van der Waals surface area contributed by atoms with E-state index >= 15 is 0 Å². The molecule has 2 rings (SSSR count). The van der Waals surface area contributed by atoms with Crippen LogP contribution < -0.4 is 5.73 Å². The molecule has 1 unspecified atom stereocenters. The SMILES string of the molecule is CCN1CC(c2ccc(N)cc2)OC1=O. The van der Waals surface area contributed by atoms with Crippen molar-refractivity contribution < 1.29 is 9.53 Å². The number of carbonyl (C=O) groups is 1. The van der Waals surface area contributed by atoms with E-state index in [1.54, 1.807) is 4.90 Å². The van der Waals surface area contributed by atoms with Crippen molar-refractivity contribution in [2.75, 3.05) is 18.8 Å². The van der Waals surface area contributed by atoms with Gasteiger partial charge >= 0.3 is 6.09 Å². The summed E-state index contributed by atoms with van der Waals surface area (Å²) in [4.78, 5) is 13.0. The van der Waals surface area contributed by atoms with Crippen molar-refractivity contribution in [2.24, 2.45) is 0 Å². The Morgan fingerprint density at radius 1 is 1.47 bits per heavy atom. The third kappa shape index (κ3) is 1.88. The highest BCUT2D eigenvalue weighted by Crippen LogP contribution is 2.26. The van der Waals surface area contributed by atoms with Gasteiger partial charge in [0.15, 0.2) is 0 Å². The van der Waals surface area contributed by atoms with Crippen LogP contribution in [0.4, 0.5) is 10.5 Å². The zero-order valence-corrected chi connectivity index (χ0v) is 8.64. The van der Waals surface area contributed by atoms with E-state index in [9.17, 15) is 4.79 Å². The lowest BCUT2D eigenvalue weighted by atomic mass is 10.1. The van der Waals surface area contributed by atoms with Crippen molar-refractivity contribution in [2.45, 2.75) is 13.0 Å². The molecule has 2 N–H and O–H groups in total. The fourth-order valence-corrected chi connectivity index (χ4v) is 1.65. The molecule has 0 aliphatic carbocycles. The average molecular weight is 206 g/mol. The van der Waals surface area contributed by atoms with Crippen LogP contribution in [0.2, 0.25) is 0 Å². The fourth-order valence-electron chi connectivity index (χ4n) is 1.65. The fraction of sp³-hybridized carbons (Fsp3) is 0.364. The Morgan fingerprint density at radius 2 is 2.13 bits per heavy atom. The first-order valence-electron chi connectivity index (χ1n) is 5.01. The maximum absolute atomic E-state index is 11.3. The number of likely N-dealkylation sites (N-methyl/N-ethyl adjacent to an activating group) is 1. The lowest BCUT2D eigenvalue weighted by Gasteiger charge is -2.09. The van der Waals surface area contributed by atoms with Crippen molar-refractivity contribution in [3.63, 3.8) is 0 Å². The molecule has 1 aromatic carbocycles. The van der Waals surface area contributed by atoms with Gasteiger partial charge in [0.2, 0.25) is 0 Å². The van der Waals surface area contributed by atoms with Crippen LogP contribution in [0.1, 0.15) is 18.6 Å². The van der Waals surface area contributed by atoms with E-state index in [0.717, 1.165) is 11.3 Å². The molecule has 80 valence electrons. The standard InChI is InChI=1S/C11H14N2O2/c1-2-13-7-10(15-11(13)14)8-3-5-9(12)6-4-8/h3-6,10H,2,7,12H2,1H3. The molecule has 1 aliphatic rings. The Morgan fingerprint density at radius 3 is 2.67 bits per heavy atom. The molecule has 1 aromatic rings. The number of hydrogen-bond donors (Lipinski definition) is 1. The monoisotopic (exact) mass is 206 g/mol. The van der Waals surface area contributed by atoms with E-state index in [1.807, 2.05) is 31.2 Å². The van der Waals surface area contributed by atoms with Crippen LogP contribution in [0, 0.1) is 0 Å². The number of hydrogen-bond acceptors (Lipinski definition) is 3. The molecule has 15 heavy (non-hydrogen) atoms. The molecule has 1 saturated heterocycles. The first-order valence-corrected chi connectivity index (χ1v) is 5.01. The number of anilines is 1. The van der Waals surface area contributed by atoms with Crippen LogP contribution in [0.3, 0.4) is 0 Å². The van der Waals surface area contributed by atoms with Gasteiger partial charge < -0.3 is 15.4 Å². The summed E-state index contributed by atoms with van der Waals surface area (Å²) in [7, 11) is 0. The van der Waals surface area contributed by atoms with Gasteiger partial charge in [0.25, 0.3) is 0 Å². The quantitative estimate of drug-likeness (QED) is 0.750. The first kappa shape index (κ1) is 9.83. The lowest BCUT2D eigenvalue weighted by molar-refractivity contribution is 0.133. The number of benzene rings is 1. The van der Waals surface area contributed by atoms with E-state index in [1.165, 1.54) is 0 Å². The van der Waals surface area contributed by atoms with Crippen molar-refractivity contribution in [1.82, 2.24) is 4.90 Å². The van der Waals surface area contributed by atoms with E-state index in [2.05, 4.69) is 0 Å². The average Bonchev–Trinajstić information content (AvgIpc) is 2.61. The van der Waals surface area contributed by atoms with Crippen molar-refractivity contribution >= 4 is 11.8 Å². The van der Waals surface area contributed by atoms with Crippen molar-refractivity contribution in [3.05, 3.63) is 29.8 Å². The lowest BCUT2D eigenvalue weighted by Crippen LogP contribution is -2.23. The van der Waals surface area contributed by atoms with E-state index in [-0.39, 0.29) is 12.2 Å². The van der Waals surface area contributed by atoms with Crippen LogP contribution in [-0.4, -0.2) is 24.1 Å². The van der Waals surface area contributed by atoms with Gasteiger partial charge in [0.1, 0.15) is 6.10 Å². The summed E-state index contributed by atoms with van der Waals surface area (Å²) in [5.41, 5.74) is 7.30. The number of nitrogens with zero attached hydrogens (tertiary/aromatic N) is 1. The van der Waals surface area contributed by atoms with Crippen LogP contribution >= 0.6 is 0 Å². The Hall–Kier alpha value is -1.71. The molecule has 1 aliphatic heterocycles. The molecule has 1 heterocycles. The molecule has 0 saturated carbocycles. The first-order chi connectivity index (χ1) is 7.20. The summed E-state index contributed by atoms with van der Waals surface area (Å²) in [6.07, 6.45) is -0.391. The predicted octanol–water partition coefficient (Wildman–Crippen LogP) is 1.78. The maximum atomic E-state index is 11.3. The third-order valence-corrected chi connectivity index (χ3v) is 2.58. The zero-order chi connectivity index (χ0) is 10.8.